The molecule has 2 aromatic heterocycles. The predicted octanol–water partition coefficient (Wildman–Crippen LogP) is 27.5. The van der Waals surface area contributed by atoms with E-state index in [1.807, 2.05) is 36.4 Å². The molecule has 0 saturated heterocycles. The fourth-order valence-electron chi connectivity index (χ4n) is 16.7. The van der Waals surface area contributed by atoms with E-state index in [0.717, 1.165) is 122 Å². The summed E-state index contributed by atoms with van der Waals surface area (Å²) in [5.74, 6) is 1.23. The van der Waals surface area contributed by atoms with Crippen molar-refractivity contribution in [3.63, 3.8) is 0 Å². The van der Waals surface area contributed by atoms with Gasteiger partial charge in [0.05, 0.1) is 0 Å². The predicted molar refractivity (Wildman–Crippen MR) is 439 cm³/mol. The maximum absolute atomic E-state index is 6.74. The van der Waals surface area contributed by atoms with Gasteiger partial charge in [-0.25, -0.2) is 9.97 Å². The van der Waals surface area contributed by atoms with Crippen molar-refractivity contribution >= 4 is 77.9 Å². The van der Waals surface area contributed by atoms with Crippen molar-refractivity contribution in [2.45, 2.75) is 38.5 Å². The molecule has 2 heterocycles. The molecular weight excluding hydrogens is 1290 g/mol. The third-order valence-electron chi connectivity index (χ3n) is 22.4. The molecule has 6 nitrogen and oxygen atoms in total. The second kappa shape index (κ2) is 24.7. The van der Waals surface area contributed by atoms with E-state index in [1.54, 1.807) is 0 Å². The Bertz CT molecular complexity index is 6460. The molecule has 6 heteroatoms. The van der Waals surface area contributed by atoms with Crippen molar-refractivity contribution in [1.82, 2.24) is 9.97 Å². The van der Waals surface area contributed by atoms with Gasteiger partial charge in [0.15, 0.2) is 11.2 Å². The minimum Gasteiger partial charge on any atom is -0.436 e. The lowest BCUT2D eigenvalue weighted by molar-refractivity contribution is 0.620. The Morgan fingerprint density at radius 2 is 0.613 bits per heavy atom. The summed E-state index contributed by atoms with van der Waals surface area (Å²) in [4.78, 5) is 14.8. The SMILES string of the molecule is CC1(C)c2ccccc2-c2cc(N(c3ccc(-c4ccccc4)cc3)c3ccc(-c4ccc5c(ccc6nc(-c7ccc(-c8ccc9c(c8)C(C)(C)c8ccc(N(c%10ccc(-c%11ccccc%11)cc%10)c%10ccc(-c%11ccc%12c(ccc%13oc(-c%14ccccc%14)nc%13%12)c%11)cc%10)cc8-9)cc7)oc65)c4)cc3)ccc21. The van der Waals surface area contributed by atoms with Gasteiger partial charge in [-0.1, -0.05) is 246 Å². The molecule has 502 valence electrons. The first-order valence-corrected chi connectivity index (χ1v) is 36.5. The van der Waals surface area contributed by atoms with Gasteiger partial charge in [-0.05, 0) is 244 Å². The maximum atomic E-state index is 6.74. The van der Waals surface area contributed by atoms with Crippen molar-refractivity contribution in [2.75, 3.05) is 9.80 Å². The molecule has 0 amide bonds. The molecule has 2 aliphatic carbocycles. The average Bonchev–Trinajstić information content (AvgIpc) is 1.58. The molecule has 18 aromatic rings. The van der Waals surface area contributed by atoms with Gasteiger partial charge >= 0.3 is 0 Å². The Balaban J connectivity index is 0.569. The maximum Gasteiger partial charge on any atom is 0.227 e. The van der Waals surface area contributed by atoms with E-state index in [9.17, 15) is 0 Å². The van der Waals surface area contributed by atoms with E-state index >= 15 is 0 Å². The molecule has 0 atom stereocenters. The van der Waals surface area contributed by atoms with Crippen LogP contribution < -0.4 is 9.80 Å². The normalized spacial score (nSPS) is 13.1. The number of hydrogen-bond acceptors (Lipinski definition) is 6. The number of hydrogen-bond donors (Lipinski definition) is 0. The minimum absolute atomic E-state index is 0.0782. The van der Waals surface area contributed by atoms with Crippen LogP contribution in [0.1, 0.15) is 49.9 Å². The fraction of sp³-hybridized carbons (Fsp3) is 0.0600. The fourth-order valence-corrected chi connectivity index (χ4v) is 16.7. The van der Waals surface area contributed by atoms with Crippen LogP contribution in [0.25, 0.3) is 145 Å². The molecule has 0 N–H and O–H groups in total. The monoisotopic (exact) mass is 1360 g/mol. The summed E-state index contributed by atoms with van der Waals surface area (Å²) in [6, 6.07) is 127. The molecule has 20 rings (SSSR count). The molecule has 0 fully saturated rings. The van der Waals surface area contributed by atoms with Crippen molar-refractivity contribution in [3.8, 4) is 101 Å². The number of benzene rings is 16. The number of aromatic nitrogens is 2. The standard InChI is InChI=1S/C100H70N4O2/c1-99(2)89-23-15-14-22-85(89)87-61-81(49-54-90(87)99)103(77-41-28-65(29-42-77)63-16-8-5-9-17-63)79-47-34-69(35-48-79)73-37-52-84-76(59-73)39-56-93-96(84)106-97(101-93)71-26-24-67(25-27-71)74-38-53-86-88-62-82(50-55-91(88)100(3,4)92(86)60-74)104(78-43-30-66(31-44-78)64-18-10-6-11-19-64)80-45-32-68(33-46-80)72-36-51-83-75(58-72)40-57-94-95(83)102-98(105-94)70-20-12-7-13-21-70/h5-62H,1-4H3. The molecule has 2 aliphatic rings. The molecular formula is C100H70N4O2. The molecule has 0 aliphatic heterocycles. The van der Waals surface area contributed by atoms with Crippen LogP contribution in [0.4, 0.5) is 34.1 Å². The number of anilines is 6. The van der Waals surface area contributed by atoms with Crippen LogP contribution in [-0.2, 0) is 10.8 Å². The molecule has 16 aromatic carbocycles. The number of fused-ring (bicyclic) bond motifs is 12. The third-order valence-corrected chi connectivity index (χ3v) is 22.4. The lowest BCUT2D eigenvalue weighted by atomic mass is 9.81. The van der Waals surface area contributed by atoms with Crippen molar-refractivity contribution in [2.24, 2.45) is 0 Å². The Hall–Kier alpha value is -13.4. The van der Waals surface area contributed by atoms with Gasteiger partial charge in [-0.15, -0.1) is 0 Å². The van der Waals surface area contributed by atoms with E-state index in [0.29, 0.717) is 11.8 Å². The first-order valence-electron chi connectivity index (χ1n) is 36.5. The number of rotatable bonds is 13. The van der Waals surface area contributed by atoms with Crippen LogP contribution in [-0.4, -0.2) is 9.97 Å². The van der Waals surface area contributed by atoms with Gasteiger partial charge in [0.25, 0.3) is 0 Å². The minimum atomic E-state index is -0.243. The molecule has 0 unspecified atom stereocenters. The molecule has 0 saturated carbocycles. The summed E-state index contributed by atoms with van der Waals surface area (Å²) < 4.78 is 13.0. The molecule has 0 bridgehead atoms. The Morgan fingerprint density at radius 1 is 0.245 bits per heavy atom. The summed E-state index contributed by atoms with van der Waals surface area (Å²) in [6.45, 7) is 9.40. The highest BCUT2D eigenvalue weighted by Crippen LogP contribution is 2.54. The largest absolute Gasteiger partial charge is 0.436 e. The Kier molecular flexibility index (Phi) is 14.5. The highest BCUT2D eigenvalue weighted by atomic mass is 16.4. The van der Waals surface area contributed by atoms with Crippen molar-refractivity contribution in [1.29, 1.82) is 0 Å². The topological polar surface area (TPSA) is 58.5 Å². The first kappa shape index (κ1) is 62.4. The van der Waals surface area contributed by atoms with Crippen LogP contribution in [0, 0.1) is 0 Å². The zero-order chi connectivity index (χ0) is 70.8. The van der Waals surface area contributed by atoms with E-state index in [4.69, 9.17) is 18.8 Å². The Morgan fingerprint density at radius 3 is 1.16 bits per heavy atom. The van der Waals surface area contributed by atoms with E-state index in [1.165, 1.54) is 66.8 Å². The summed E-state index contributed by atoms with van der Waals surface area (Å²) in [5.41, 5.74) is 33.4. The van der Waals surface area contributed by atoms with Crippen molar-refractivity contribution in [3.05, 3.63) is 374 Å². The van der Waals surface area contributed by atoms with Gasteiger partial charge in [0.1, 0.15) is 11.0 Å². The van der Waals surface area contributed by atoms with Gasteiger partial charge in [-0.2, -0.15) is 0 Å². The lowest BCUT2D eigenvalue weighted by Crippen LogP contribution is -2.15. The van der Waals surface area contributed by atoms with Crippen LogP contribution in [0.3, 0.4) is 0 Å². The molecule has 106 heavy (non-hydrogen) atoms. The van der Waals surface area contributed by atoms with Crippen LogP contribution in [0.5, 0.6) is 0 Å². The van der Waals surface area contributed by atoms with Crippen LogP contribution in [0.15, 0.2) is 361 Å². The Labute approximate surface area is 616 Å². The van der Waals surface area contributed by atoms with E-state index < -0.39 is 0 Å². The van der Waals surface area contributed by atoms with Gasteiger partial charge < -0.3 is 18.6 Å². The first-order chi connectivity index (χ1) is 52.0. The van der Waals surface area contributed by atoms with Crippen LogP contribution >= 0.6 is 0 Å². The quantitative estimate of drug-likeness (QED) is 0.115. The second-order valence-electron chi connectivity index (χ2n) is 29.3. The van der Waals surface area contributed by atoms with Crippen LogP contribution in [0.2, 0.25) is 0 Å². The van der Waals surface area contributed by atoms with E-state index in [2.05, 4.69) is 353 Å². The zero-order valence-corrected chi connectivity index (χ0v) is 59.1. The number of oxazole rings is 2. The van der Waals surface area contributed by atoms with E-state index in [-0.39, 0.29) is 10.8 Å². The van der Waals surface area contributed by atoms with Crippen molar-refractivity contribution < 1.29 is 8.83 Å². The summed E-state index contributed by atoms with van der Waals surface area (Å²) in [6.07, 6.45) is 0. The smallest absolute Gasteiger partial charge is 0.227 e. The molecule has 0 radical (unpaired) electrons. The highest BCUT2D eigenvalue weighted by Gasteiger charge is 2.38. The second-order valence-corrected chi connectivity index (χ2v) is 29.3. The highest BCUT2D eigenvalue weighted by molar-refractivity contribution is 6.07. The molecule has 0 spiro atoms. The van der Waals surface area contributed by atoms with Gasteiger partial charge in [-0.3, -0.25) is 0 Å². The summed E-state index contributed by atoms with van der Waals surface area (Å²) >= 11 is 0. The summed E-state index contributed by atoms with van der Waals surface area (Å²) in [7, 11) is 0. The summed E-state index contributed by atoms with van der Waals surface area (Å²) in [5, 5.41) is 4.30. The third kappa shape index (κ3) is 10.5. The van der Waals surface area contributed by atoms with Gasteiger partial charge in [0, 0.05) is 66.9 Å². The number of nitrogens with zero attached hydrogens (tertiary/aromatic N) is 4. The lowest BCUT2D eigenvalue weighted by Gasteiger charge is -2.27. The van der Waals surface area contributed by atoms with Gasteiger partial charge in [0.2, 0.25) is 11.8 Å². The average molecular weight is 1360 g/mol. The zero-order valence-electron chi connectivity index (χ0n) is 59.1.